The van der Waals surface area contributed by atoms with Gasteiger partial charge < -0.3 is 0 Å². The van der Waals surface area contributed by atoms with Gasteiger partial charge in [0.2, 0.25) is 11.0 Å². The van der Waals surface area contributed by atoms with Gasteiger partial charge in [-0.05, 0) is 31.7 Å². The molecule has 1 fully saturated rings. The maximum absolute atomic E-state index is 12.6. The molecule has 0 N–H and O–H groups in total. The molecule has 26 heavy (non-hydrogen) atoms. The summed E-state index contributed by atoms with van der Waals surface area (Å²) in [5.74, 6) is 0.165. The molecule has 3 rings (SSSR count). The zero-order valence-electron chi connectivity index (χ0n) is 15.3. The van der Waals surface area contributed by atoms with Gasteiger partial charge in [-0.1, -0.05) is 61.2 Å². The van der Waals surface area contributed by atoms with E-state index in [9.17, 15) is 9.59 Å². The first-order valence-electron chi connectivity index (χ1n) is 8.98. The summed E-state index contributed by atoms with van der Waals surface area (Å²) < 4.78 is 0.723. The molecule has 1 amide bonds. The molecule has 2 aromatic rings. The first kappa shape index (κ1) is 19.0. The quantitative estimate of drug-likeness (QED) is 0.381. The molecule has 0 radical (unpaired) electrons. The number of carbonyl (C=O) groups is 2. The van der Waals surface area contributed by atoms with E-state index in [0.717, 1.165) is 23.6 Å². The van der Waals surface area contributed by atoms with E-state index in [1.165, 1.54) is 28.7 Å². The lowest BCUT2D eigenvalue weighted by Gasteiger charge is -2.17. The van der Waals surface area contributed by atoms with E-state index < -0.39 is 0 Å². The zero-order chi connectivity index (χ0) is 18.7. The van der Waals surface area contributed by atoms with Crippen LogP contribution >= 0.6 is 23.1 Å². The topological polar surface area (TPSA) is 63.2 Å². The second kappa shape index (κ2) is 8.31. The number of nitrogens with zero attached hydrogens (tertiary/aromatic N) is 3. The predicted octanol–water partition coefficient (Wildman–Crippen LogP) is 4.37. The molecule has 1 unspecified atom stereocenters. The third-order valence-corrected chi connectivity index (χ3v) is 6.49. The van der Waals surface area contributed by atoms with E-state index in [1.807, 2.05) is 38.1 Å². The highest BCUT2D eigenvalue weighted by Gasteiger charge is 2.35. The van der Waals surface area contributed by atoms with Gasteiger partial charge in [-0.15, -0.1) is 10.2 Å². The third kappa shape index (κ3) is 4.32. The van der Waals surface area contributed by atoms with Crippen molar-refractivity contribution in [3.63, 3.8) is 0 Å². The molecule has 1 saturated carbocycles. The Balaban J connectivity index is 1.67. The molecule has 1 heterocycles. The van der Waals surface area contributed by atoms with Crippen LogP contribution in [-0.2, 0) is 11.2 Å². The maximum Gasteiger partial charge on any atom is 0.228 e. The number of carbonyl (C=O) groups excluding carboxylic acids is 2. The van der Waals surface area contributed by atoms with E-state index in [0.29, 0.717) is 17.1 Å². The first-order chi connectivity index (χ1) is 12.5. The largest absolute Gasteiger partial charge is 0.293 e. The molecule has 1 aromatic heterocycles. The highest BCUT2D eigenvalue weighted by atomic mass is 32.2. The van der Waals surface area contributed by atoms with Crippen molar-refractivity contribution in [1.82, 2.24) is 10.2 Å². The average Bonchev–Trinajstić information content (AvgIpc) is 3.40. The molecule has 1 aliphatic rings. The number of ketones is 1. The molecule has 5 nitrogen and oxygen atoms in total. The number of aromatic nitrogens is 2. The van der Waals surface area contributed by atoms with Crippen molar-refractivity contribution < 1.29 is 9.59 Å². The molecule has 1 aromatic carbocycles. The van der Waals surface area contributed by atoms with Gasteiger partial charge in [0.05, 0.1) is 5.25 Å². The highest BCUT2D eigenvalue weighted by molar-refractivity contribution is 8.02. The molecule has 0 bridgehead atoms. The molecule has 0 aliphatic heterocycles. The van der Waals surface area contributed by atoms with Crippen LogP contribution in [0.4, 0.5) is 5.13 Å². The minimum absolute atomic E-state index is 0.0816. The standard InChI is InChI=1S/C19H23N3O2S2/c1-4-13-6-8-14(9-7-13)17(24)12(3)25-19-21-20-18(26-19)22(15-10-11-15)16(23)5-2/h6-9,12,15H,4-5,10-11H2,1-3H3. The van der Waals surface area contributed by atoms with E-state index in [1.54, 1.807) is 4.90 Å². The van der Waals surface area contributed by atoms with Crippen molar-refractivity contribution in [2.45, 2.75) is 62.1 Å². The summed E-state index contributed by atoms with van der Waals surface area (Å²) in [5, 5.41) is 8.79. The summed E-state index contributed by atoms with van der Waals surface area (Å²) in [6.07, 6.45) is 3.47. The normalized spacial score (nSPS) is 14.9. The summed E-state index contributed by atoms with van der Waals surface area (Å²) in [7, 11) is 0. The molecule has 1 aliphatic carbocycles. The number of hydrogen-bond acceptors (Lipinski definition) is 6. The molecular weight excluding hydrogens is 366 g/mol. The van der Waals surface area contributed by atoms with Crippen LogP contribution in [0.3, 0.4) is 0 Å². The van der Waals surface area contributed by atoms with Crippen LogP contribution in [0, 0.1) is 0 Å². The van der Waals surface area contributed by atoms with Gasteiger partial charge in [0.25, 0.3) is 0 Å². The lowest BCUT2D eigenvalue weighted by Crippen LogP contribution is -2.32. The number of benzene rings is 1. The van der Waals surface area contributed by atoms with Gasteiger partial charge in [-0.2, -0.15) is 0 Å². The van der Waals surface area contributed by atoms with Crippen LogP contribution in [0.1, 0.15) is 56.0 Å². The van der Waals surface area contributed by atoms with E-state index in [2.05, 4.69) is 17.1 Å². The summed E-state index contributed by atoms with van der Waals surface area (Å²) in [4.78, 5) is 26.6. The Morgan fingerprint density at radius 3 is 2.50 bits per heavy atom. The van der Waals surface area contributed by atoms with Crippen LogP contribution < -0.4 is 4.90 Å². The third-order valence-electron chi connectivity index (χ3n) is 4.38. The number of hydrogen-bond donors (Lipinski definition) is 0. The molecule has 7 heteroatoms. The number of thioether (sulfide) groups is 1. The summed E-state index contributed by atoms with van der Waals surface area (Å²) in [6, 6.07) is 8.04. The zero-order valence-corrected chi connectivity index (χ0v) is 16.9. The van der Waals surface area contributed by atoms with Crippen molar-refractivity contribution in [2.75, 3.05) is 4.90 Å². The Kier molecular flexibility index (Phi) is 6.09. The fourth-order valence-electron chi connectivity index (χ4n) is 2.66. The molecular formula is C19H23N3O2S2. The van der Waals surface area contributed by atoms with E-state index in [4.69, 9.17) is 0 Å². The molecule has 138 valence electrons. The lowest BCUT2D eigenvalue weighted by molar-refractivity contribution is -0.118. The smallest absolute Gasteiger partial charge is 0.228 e. The first-order valence-corrected chi connectivity index (χ1v) is 10.7. The summed E-state index contributed by atoms with van der Waals surface area (Å²) in [5.41, 5.74) is 1.93. The molecule has 1 atom stereocenters. The van der Waals surface area contributed by atoms with E-state index in [-0.39, 0.29) is 23.0 Å². The second-order valence-electron chi connectivity index (χ2n) is 6.37. The Labute approximate surface area is 162 Å². The van der Waals surface area contributed by atoms with Crippen LogP contribution in [0.25, 0.3) is 0 Å². The van der Waals surface area contributed by atoms with Crippen LogP contribution in [0.2, 0.25) is 0 Å². The number of anilines is 1. The molecule has 0 saturated heterocycles. The van der Waals surface area contributed by atoms with E-state index >= 15 is 0 Å². The Bertz CT molecular complexity index is 784. The van der Waals surface area contributed by atoms with Gasteiger partial charge in [-0.25, -0.2) is 0 Å². The van der Waals surface area contributed by atoms with Crippen molar-refractivity contribution in [3.05, 3.63) is 35.4 Å². The number of amides is 1. The number of Topliss-reactive ketones (excluding diaryl/α,β-unsaturated/α-hetero) is 1. The summed E-state index contributed by atoms with van der Waals surface area (Å²) >= 11 is 2.80. The van der Waals surface area contributed by atoms with Gasteiger partial charge in [0.1, 0.15) is 0 Å². The number of aryl methyl sites for hydroxylation is 1. The highest BCUT2D eigenvalue weighted by Crippen LogP contribution is 2.37. The van der Waals surface area contributed by atoms with Gasteiger partial charge >= 0.3 is 0 Å². The SMILES string of the molecule is CCC(=O)N(c1nnc(SC(C)C(=O)c2ccc(CC)cc2)s1)C1CC1. The number of rotatable bonds is 8. The minimum Gasteiger partial charge on any atom is -0.293 e. The predicted molar refractivity (Wildman–Crippen MR) is 106 cm³/mol. The van der Waals surface area contributed by atoms with Crippen LogP contribution in [-0.4, -0.2) is 33.2 Å². The Hall–Kier alpha value is -1.73. The minimum atomic E-state index is -0.250. The lowest BCUT2D eigenvalue weighted by atomic mass is 10.1. The molecule has 0 spiro atoms. The maximum atomic E-state index is 12.6. The van der Waals surface area contributed by atoms with Crippen LogP contribution in [0.15, 0.2) is 28.6 Å². The second-order valence-corrected chi connectivity index (χ2v) is 8.92. The Morgan fingerprint density at radius 1 is 1.23 bits per heavy atom. The van der Waals surface area contributed by atoms with Gasteiger partial charge in [0.15, 0.2) is 10.1 Å². The summed E-state index contributed by atoms with van der Waals surface area (Å²) in [6.45, 7) is 5.84. The van der Waals surface area contributed by atoms with Crippen LogP contribution in [0.5, 0.6) is 0 Å². The van der Waals surface area contributed by atoms with Crippen molar-refractivity contribution in [3.8, 4) is 0 Å². The fourth-order valence-corrected chi connectivity index (χ4v) is 4.81. The Morgan fingerprint density at radius 2 is 1.92 bits per heavy atom. The van der Waals surface area contributed by atoms with Crippen molar-refractivity contribution in [1.29, 1.82) is 0 Å². The monoisotopic (exact) mass is 389 g/mol. The van der Waals surface area contributed by atoms with Gasteiger partial charge in [0, 0.05) is 18.0 Å². The van der Waals surface area contributed by atoms with Gasteiger partial charge in [-0.3, -0.25) is 14.5 Å². The fraction of sp³-hybridized carbons (Fsp3) is 0.474. The van der Waals surface area contributed by atoms with Crippen molar-refractivity contribution >= 4 is 39.9 Å². The average molecular weight is 390 g/mol. The van der Waals surface area contributed by atoms with Crippen molar-refractivity contribution in [2.24, 2.45) is 0 Å².